The van der Waals surface area contributed by atoms with Crippen molar-refractivity contribution in [2.75, 3.05) is 0 Å². The zero-order valence-electron chi connectivity index (χ0n) is 10.3. The molecule has 0 aliphatic heterocycles. The van der Waals surface area contributed by atoms with Crippen molar-refractivity contribution in [3.05, 3.63) is 23.1 Å². The van der Waals surface area contributed by atoms with Crippen LogP contribution < -0.4 is 0 Å². The Balaban J connectivity index is 1.72. The van der Waals surface area contributed by atoms with Crippen molar-refractivity contribution in [1.82, 2.24) is 14.5 Å². The van der Waals surface area contributed by atoms with E-state index in [1.807, 2.05) is 12.3 Å². The largest absolute Gasteiger partial charge is 0.329 e. The number of pyridine rings is 1. The first-order valence-corrected chi connectivity index (χ1v) is 7.27. The monoisotopic (exact) mass is 259 g/mol. The summed E-state index contributed by atoms with van der Waals surface area (Å²) in [6.07, 6.45) is 7.54. The summed E-state index contributed by atoms with van der Waals surface area (Å²) in [6.45, 7) is 1.06. The van der Waals surface area contributed by atoms with E-state index in [0.29, 0.717) is 0 Å². The van der Waals surface area contributed by atoms with Crippen molar-refractivity contribution in [2.24, 2.45) is 17.8 Å². The molecule has 0 spiro atoms. The molecule has 2 aromatic heterocycles. The third-order valence-corrected chi connectivity index (χ3v) is 4.70. The van der Waals surface area contributed by atoms with Crippen molar-refractivity contribution in [3.8, 4) is 0 Å². The number of hydrogen-bond acceptors (Lipinski definition) is 2. The zero-order valence-corrected chi connectivity index (χ0v) is 11.1. The molecular weight excluding hydrogens is 242 g/mol. The van der Waals surface area contributed by atoms with Crippen LogP contribution in [0.25, 0.3) is 11.2 Å². The van der Waals surface area contributed by atoms with Crippen molar-refractivity contribution in [3.63, 3.8) is 0 Å². The third kappa shape index (κ3) is 1.79. The minimum Gasteiger partial charge on any atom is -0.329 e. The molecule has 0 aromatic carbocycles. The van der Waals surface area contributed by atoms with Gasteiger partial charge in [0.05, 0.1) is 5.52 Å². The van der Waals surface area contributed by atoms with Crippen LogP contribution in [0.1, 0.15) is 25.7 Å². The highest BCUT2D eigenvalue weighted by atomic mass is 32.1. The first-order chi connectivity index (χ1) is 8.83. The molecule has 2 heterocycles. The topological polar surface area (TPSA) is 33.6 Å². The fraction of sp³-hybridized carbons (Fsp3) is 0.571. The normalized spacial score (nSPS) is 19.8. The summed E-state index contributed by atoms with van der Waals surface area (Å²) in [5.41, 5.74) is 2.08. The van der Waals surface area contributed by atoms with Gasteiger partial charge in [0.2, 0.25) is 0 Å². The Morgan fingerprint density at radius 2 is 2.06 bits per heavy atom. The molecule has 1 N–H and O–H groups in total. The lowest BCUT2D eigenvalue weighted by Crippen LogP contribution is -2.15. The van der Waals surface area contributed by atoms with Gasteiger partial charge < -0.3 is 9.55 Å². The molecule has 2 aliphatic rings. The lowest BCUT2D eigenvalue weighted by Gasteiger charge is -2.16. The molecule has 0 amide bonds. The van der Waals surface area contributed by atoms with Crippen LogP contribution in [0.3, 0.4) is 0 Å². The number of fused-ring (bicyclic) bond motifs is 1. The van der Waals surface area contributed by atoms with Gasteiger partial charge in [0, 0.05) is 12.7 Å². The number of hydrogen-bond donors (Lipinski definition) is 1. The van der Waals surface area contributed by atoms with Gasteiger partial charge in [0.1, 0.15) is 0 Å². The molecule has 0 bridgehead atoms. The van der Waals surface area contributed by atoms with E-state index in [1.165, 1.54) is 25.7 Å². The molecule has 18 heavy (non-hydrogen) atoms. The summed E-state index contributed by atoms with van der Waals surface area (Å²) in [6, 6.07) is 4.01. The lowest BCUT2D eigenvalue weighted by molar-refractivity contribution is 0.351. The summed E-state index contributed by atoms with van der Waals surface area (Å²) < 4.78 is 3.04. The number of H-pyrrole nitrogens is 1. The van der Waals surface area contributed by atoms with Crippen molar-refractivity contribution >= 4 is 23.4 Å². The predicted molar refractivity (Wildman–Crippen MR) is 73.9 cm³/mol. The Hall–Kier alpha value is -1.16. The highest BCUT2D eigenvalue weighted by Gasteiger charge is 2.41. The maximum Gasteiger partial charge on any atom is 0.179 e. The number of aromatic amines is 1. The molecule has 2 aromatic rings. The molecule has 94 valence electrons. The van der Waals surface area contributed by atoms with E-state index in [0.717, 1.165) is 40.2 Å². The number of nitrogens with zero attached hydrogens (tertiary/aromatic N) is 2. The SMILES string of the molecule is S=c1[nH]c2cccnc2n1CC(C1CC1)C1CC1. The summed E-state index contributed by atoms with van der Waals surface area (Å²) >= 11 is 5.45. The van der Waals surface area contributed by atoms with E-state index in [-0.39, 0.29) is 0 Å². The molecule has 0 unspecified atom stereocenters. The van der Waals surface area contributed by atoms with Gasteiger partial charge in [-0.2, -0.15) is 0 Å². The average Bonchev–Trinajstić information content (AvgIpc) is 3.25. The highest BCUT2D eigenvalue weighted by Crippen LogP contribution is 2.50. The van der Waals surface area contributed by atoms with Crippen LogP contribution in [0, 0.1) is 22.5 Å². The van der Waals surface area contributed by atoms with E-state index >= 15 is 0 Å². The van der Waals surface area contributed by atoms with Gasteiger partial charge in [0.15, 0.2) is 10.4 Å². The molecule has 0 saturated heterocycles. The van der Waals surface area contributed by atoms with E-state index in [4.69, 9.17) is 12.2 Å². The van der Waals surface area contributed by atoms with E-state index < -0.39 is 0 Å². The molecule has 2 aliphatic carbocycles. The third-order valence-electron chi connectivity index (χ3n) is 4.38. The van der Waals surface area contributed by atoms with E-state index in [1.54, 1.807) is 0 Å². The van der Waals surface area contributed by atoms with Gasteiger partial charge in [-0.3, -0.25) is 0 Å². The molecule has 3 nitrogen and oxygen atoms in total. The first kappa shape index (κ1) is 10.7. The second-order valence-electron chi connectivity index (χ2n) is 5.75. The molecule has 0 radical (unpaired) electrons. The smallest absolute Gasteiger partial charge is 0.179 e. The van der Waals surface area contributed by atoms with Crippen LogP contribution in [0.5, 0.6) is 0 Å². The van der Waals surface area contributed by atoms with Gasteiger partial charge in [0.25, 0.3) is 0 Å². The summed E-state index contributed by atoms with van der Waals surface area (Å²) in [5.74, 6) is 2.74. The second kappa shape index (κ2) is 3.92. The van der Waals surface area contributed by atoms with Gasteiger partial charge >= 0.3 is 0 Å². The maximum atomic E-state index is 5.45. The minimum atomic E-state index is 0.829. The van der Waals surface area contributed by atoms with Crippen LogP contribution in [-0.2, 0) is 6.54 Å². The fourth-order valence-corrected chi connectivity index (χ4v) is 3.37. The van der Waals surface area contributed by atoms with Crippen molar-refractivity contribution < 1.29 is 0 Å². The number of aromatic nitrogens is 3. The number of rotatable bonds is 4. The van der Waals surface area contributed by atoms with Gasteiger partial charge in [-0.1, -0.05) is 0 Å². The second-order valence-corrected chi connectivity index (χ2v) is 6.14. The Morgan fingerprint density at radius 3 is 2.72 bits per heavy atom. The predicted octanol–water partition coefficient (Wildman–Crippen LogP) is 3.53. The number of imidazole rings is 1. The standard InChI is InChI=1S/C14H17N3S/c18-14-16-12-2-1-7-15-13(12)17(14)8-11(9-3-4-9)10-5-6-10/h1-2,7,9-11H,3-6,8H2,(H,16,18). The van der Waals surface area contributed by atoms with Crippen LogP contribution in [0.15, 0.2) is 18.3 Å². The van der Waals surface area contributed by atoms with E-state index in [9.17, 15) is 0 Å². The molecule has 0 atom stereocenters. The van der Waals surface area contributed by atoms with Gasteiger partial charge in [-0.15, -0.1) is 0 Å². The van der Waals surface area contributed by atoms with Crippen LogP contribution in [0.4, 0.5) is 0 Å². The van der Waals surface area contributed by atoms with E-state index in [2.05, 4.69) is 20.6 Å². The molecule has 4 heteroatoms. The Kier molecular flexibility index (Phi) is 2.34. The molecule has 2 saturated carbocycles. The molecule has 2 fully saturated rings. The molecule has 4 rings (SSSR count). The molecular formula is C14H17N3S. The minimum absolute atomic E-state index is 0.829. The van der Waals surface area contributed by atoms with Crippen LogP contribution in [-0.4, -0.2) is 14.5 Å². The first-order valence-electron chi connectivity index (χ1n) is 6.86. The maximum absolute atomic E-state index is 5.45. The fourth-order valence-electron chi connectivity index (χ4n) is 3.10. The van der Waals surface area contributed by atoms with Crippen LogP contribution in [0.2, 0.25) is 0 Å². The average molecular weight is 259 g/mol. The van der Waals surface area contributed by atoms with Crippen molar-refractivity contribution in [1.29, 1.82) is 0 Å². The Labute approximate surface area is 111 Å². The van der Waals surface area contributed by atoms with Crippen LogP contribution >= 0.6 is 12.2 Å². The lowest BCUT2D eigenvalue weighted by atomic mass is 9.98. The Morgan fingerprint density at radius 1 is 1.33 bits per heavy atom. The summed E-state index contributed by atoms with van der Waals surface area (Å²) in [5, 5.41) is 0. The quantitative estimate of drug-likeness (QED) is 0.852. The van der Waals surface area contributed by atoms with Gasteiger partial charge in [-0.25, -0.2) is 4.98 Å². The zero-order chi connectivity index (χ0) is 12.1. The summed E-state index contributed by atoms with van der Waals surface area (Å²) in [4.78, 5) is 7.75. The number of nitrogens with one attached hydrogen (secondary N) is 1. The van der Waals surface area contributed by atoms with Crippen molar-refractivity contribution in [2.45, 2.75) is 32.2 Å². The highest BCUT2D eigenvalue weighted by molar-refractivity contribution is 7.71. The van der Waals surface area contributed by atoms with Gasteiger partial charge in [-0.05, 0) is 67.8 Å². The Bertz CT molecular complexity index is 622. The summed E-state index contributed by atoms with van der Waals surface area (Å²) in [7, 11) is 0.